The Morgan fingerprint density at radius 1 is 1.19 bits per heavy atom. The Morgan fingerprint density at radius 3 is 2.12 bits per heavy atom. The maximum absolute atomic E-state index is 11.7. The molecule has 5 nitrogen and oxygen atoms in total. The normalized spacial score (nSPS) is 10.9. The van der Waals surface area contributed by atoms with Crippen molar-refractivity contribution >= 4 is 17.6 Å². The molecular weight excluding hydrogens is 206 g/mol. The van der Waals surface area contributed by atoms with Crippen molar-refractivity contribution in [3.8, 4) is 0 Å². The van der Waals surface area contributed by atoms with Crippen molar-refractivity contribution in [2.75, 3.05) is 5.73 Å². The maximum atomic E-state index is 11.7. The zero-order valence-corrected chi connectivity index (χ0v) is 9.28. The first kappa shape index (κ1) is 12.0. The van der Waals surface area contributed by atoms with E-state index in [-0.39, 0.29) is 0 Å². The molecule has 0 aliphatic rings. The highest BCUT2D eigenvalue weighted by Crippen LogP contribution is 2.24. The summed E-state index contributed by atoms with van der Waals surface area (Å²) in [6.45, 7) is 3.41. The molecule has 16 heavy (non-hydrogen) atoms. The van der Waals surface area contributed by atoms with Crippen LogP contribution in [0.4, 0.5) is 10.5 Å². The van der Waals surface area contributed by atoms with E-state index in [4.69, 9.17) is 11.5 Å². The van der Waals surface area contributed by atoms with Gasteiger partial charge in [-0.15, -0.1) is 0 Å². The summed E-state index contributed by atoms with van der Waals surface area (Å²) in [4.78, 5) is 22.3. The number of benzene rings is 1. The first-order valence-electron chi connectivity index (χ1n) is 4.81. The molecular formula is C11H15N3O2. The van der Waals surface area contributed by atoms with E-state index in [0.717, 1.165) is 5.56 Å². The number of nitrogen functional groups attached to an aromatic ring is 1. The summed E-state index contributed by atoms with van der Waals surface area (Å²) in [6, 6.07) is 6.04. The molecule has 0 bridgehead atoms. The van der Waals surface area contributed by atoms with E-state index in [1.165, 1.54) is 0 Å². The Kier molecular flexibility index (Phi) is 3.17. The van der Waals surface area contributed by atoms with Crippen LogP contribution in [-0.2, 0) is 10.2 Å². The van der Waals surface area contributed by atoms with Gasteiger partial charge in [-0.2, -0.15) is 0 Å². The number of amides is 3. The Bertz CT molecular complexity index is 410. The fourth-order valence-electron chi connectivity index (χ4n) is 1.30. The number of nitrogens with two attached hydrogens (primary N) is 2. The zero-order chi connectivity index (χ0) is 12.3. The molecule has 0 aliphatic heterocycles. The minimum absolute atomic E-state index is 0.440. The van der Waals surface area contributed by atoms with Crippen LogP contribution in [-0.4, -0.2) is 11.9 Å². The maximum Gasteiger partial charge on any atom is 0.318 e. The third kappa shape index (κ3) is 2.50. The molecule has 0 heterocycles. The molecule has 0 aromatic heterocycles. The molecule has 5 N–H and O–H groups in total. The molecule has 0 radical (unpaired) electrons. The number of imide groups is 1. The van der Waals surface area contributed by atoms with Gasteiger partial charge in [0.05, 0.1) is 5.41 Å². The van der Waals surface area contributed by atoms with Gasteiger partial charge in [-0.1, -0.05) is 12.1 Å². The van der Waals surface area contributed by atoms with E-state index in [0.29, 0.717) is 5.69 Å². The van der Waals surface area contributed by atoms with Crippen LogP contribution in [0.5, 0.6) is 0 Å². The van der Waals surface area contributed by atoms with E-state index in [1.54, 1.807) is 38.1 Å². The first-order chi connectivity index (χ1) is 7.34. The number of rotatable bonds is 2. The van der Waals surface area contributed by atoms with Crippen molar-refractivity contribution in [1.29, 1.82) is 0 Å². The average molecular weight is 221 g/mol. The van der Waals surface area contributed by atoms with Gasteiger partial charge in [-0.05, 0) is 31.5 Å². The lowest BCUT2D eigenvalue weighted by Crippen LogP contribution is -2.45. The van der Waals surface area contributed by atoms with Crippen molar-refractivity contribution in [3.05, 3.63) is 29.8 Å². The minimum Gasteiger partial charge on any atom is -0.399 e. The summed E-state index contributed by atoms with van der Waals surface area (Å²) in [5, 5.41) is 2.06. The topological polar surface area (TPSA) is 98.2 Å². The monoisotopic (exact) mass is 221 g/mol. The lowest BCUT2D eigenvalue weighted by atomic mass is 9.83. The van der Waals surface area contributed by atoms with Gasteiger partial charge in [0, 0.05) is 5.69 Å². The Hall–Kier alpha value is -2.04. The van der Waals surface area contributed by atoms with Crippen LogP contribution in [0.1, 0.15) is 19.4 Å². The van der Waals surface area contributed by atoms with Gasteiger partial charge < -0.3 is 11.5 Å². The van der Waals surface area contributed by atoms with Crippen molar-refractivity contribution in [1.82, 2.24) is 5.32 Å². The zero-order valence-electron chi connectivity index (χ0n) is 9.28. The summed E-state index contributed by atoms with van der Waals surface area (Å²) in [6.07, 6.45) is 0. The average Bonchev–Trinajstić information content (AvgIpc) is 2.17. The second kappa shape index (κ2) is 4.22. The number of hydrogen-bond acceptors (Lipinski definition) is 3. The van der Waals surface area contributed by atoms with Crippen molar-refractivity contribution < 1.29 is 9.59 Å². The van der Waals surface area contributed by atoms with Crippen molar-refractivity contribution in [3.63, 3.8) is 0 Å². The fraction of sp³-hybridized carbons (Fsp3) is 0.273. The molecule has 0 aliphatic carbocycles. The quantitative estimate of drug-likeness (QED) is 0.642. The fourth-order valence-corrected chi connectivity index (χ4v) is 1.30. The highest BCUT2D eigenvalue weighted by Gasteiger charge is 2.30. The third-order valence-corrected chi connectivity index (χ3v) is 2.44. The number of carbonyl (C=O) groups excluding carboxylic acids is 2. The van der Waals surface area contributed by atoms with Gasteiger partial charge in [0.2, 0.25) is 5.91 Å². The van der Waals surface area contributed by atoms with Crippen LogP contribution < -0.4 is 16.8 Å². The van der Waals surface area contributed by atoms with Gasteiger partial charge in [0.1, 0.15) is 0 Å². The van der Waals surface area contributed by atoms with E-state index in [1.807, 2.05) is 0 Å². The largest absolute Gasteiger partial charge is 0.399 e. The van der Waals surface area contributed by atoms with E-state index in [9.17, 15) is 9.59 Å². The van der Waals surface area contributed by atoms with Crippen LogP contribution in [0.2, 0.25) is 0 Å². The SMILES string of the molecule is CC(C)(C(=O)NC(N)=O)c1ccc(N)cc1. The highest BCUT2D eigenvalue weighted by atomic mass is 16.2. The highest BCUT2D eigenvalue weighted by molar-refractivity contribution is 5.99. The lowest BCUT2D eigenvalue weighted by molar-refractivity contribution is -0.124. The predicted molar refractivity (Wildman–Crippen MR) is 61.6 cm³/mol. The first-order valence-corrected chi connectivity index (χ1v) is 4.81. The number of nitrogens with one attached hydrogen (secondary N) is 1. The van der Waals surface area contributed by atoms with Crippen LogP contribution >= 0.6 is 0 Å². The van der Waals surface area contributed by atoms with Crippen LogP contribution in [0, 0.1) is 0 Å². The van der Waals surface area contributed by atoms with Crippen LogP contribution in [0.15, 0.2) is 24.3 Å². The molecule has 0 unspecified atom stereocenters. The molecule has 0 saturated heterocycles. The number of carbonyl (C=O) groups is 2. The van der Waals surface area contributed by atoms with Crippen molar-refractivity contribution in [2.45, 2.75) is 19.3 Å². The van der Waals surface area contributed by atoms with Crippen LogP contribution in [0.3, 0.4) is 0 Å². The molecule has 1 aromatic rings. The number of primary amides is 1. The molecule has 0 saturated carbocycles. The smallest absolute Gasteiger partial charge is 0.318 e. The molecule has 1 rings (SSSR count). The second-order valence-electron chi connectivity index (χ2n) is 4.07. The minimum atomic E-state index is -0.853. The van der Waals surface area contributed by atoms with Crippen molar-refractivity contribution in [2.24, 2.45) is 5.73 Å². The summed E-state index contributed by atoms with van der Waals surface area (Å²) >= 11 is 0. The summed E-state index contributed by atoms with van der Waals surface area (Å²) < 4.78 is 0. The molecule has 3 amide bonds. The molecule has 86 valence electrons. The Morgan fingerprint density at radius 2 is 1.69 bits per heavy atom. The summed E-state index contributed by atoms with van der Waals surface area (Å²) in [5.74, 6) is -0.440. The van der Waals surface area contributed by atoms with Gasteiger partial charge in [0.15, 0.2) is 0 Å². The number of anilines is 1. The third-order valence-electron chi connectivity index (χ3n) is 2.44. The van der Waals surface area contributed by atoms with E-state index in [2.05, 4.69) is 5.32 Å². The standard InChI is InChI=1S/C11H15N3O2/c1-11(2,9(15)14-10(13)16)7-3-5-8(12)6-4-7/h3-6H,12H2,1-2H3,(H3,13,14,15,16). The molecule has 1 aromatic carbocycles. The summed E-state index contributed by atoms with van der Waals surface area (Å²) in [5.41, 5.74) is 11.0. The summed E-state index contributed by atoms with van der Waals surface area (Å²) in [7, 11) is 0. The van der Waals surface area contributed by atoms with E-state index < -0.39 is 17.4 Å². The number of urea groups is 1. The second-order valence-corrected chi connectivity index (χ2v) is 4.07. The molecule has 0 fully saturated rings. The van der Waals surface area contributed by atoms with Crippen LogP contribution in [0.25, 0.3) is 0 Å². The molecule has 5 heteroatoms. The Balaban J connectivity index is 2.96. The van der Waals surface area contributed by atoms with Gasteiger partial charge in [-0.3, -0.25) is 10.1 Å². The Labute approximate surface area is 93.8 Å². The van der Waals surface area contributed by atoms with Gasteiger partial charge >= 0.3 is 6.03 Å². The van der Waals surface area contributed by atoms with Gasteiger partial charge in [-0.25, -0.2) is 4.79 Å². The molecule has 0 spiro atoms. The molecule has 0 atom stereocenters. The number of hydrogen-bond donors (Lipinski definition) is 3. The van der Waals surface area contributed by atoms with E-state index >= 15 is 0 Å². The predicted octanol–water partition coefficient (Wildman–Crippen LogP) is 0.741. The lowest BCUT2D eigenvalue weighted by Gasteiger charge is -2.23. The van der Waals surface area contributed by atoms with Gasteiger partial charge in [0.25, 0.3) is 0 Å².